The van der Waals surface area contributed by atoms with Crippen LogP contribution < -0.4 is 5.32 Å². The molecule has 0 saturated carbocycles. The minimum atomic E-state index is -2.91. The largest absolute Gasteiger partial charge is 0.350 e. The van der Waals surface area contributed by atoms with Crippen LogP contribution in [0.4, 0.5) is 0 Å². The van der Waals surface area contributed by atoms with Gasteiger partial charge in [-0.25, -0.2) is 8.42 Å². The summed E-state index contributed by atoms with van der Waals surface area (Å²) in [7, 11) is -2.91. The van der Waals surface area contributed by atoms with E-state index in [-0.39, 0.29) is 17.4 Å². The highest BCUT2D eigenvalue weighted by Gasteiger charge is 2.38. The summed E-state index contributed by atoms with van der Waals surface area (Å²) in [6.45, 7) is 3.16. The highest BCUT2D eigenvalue weighted by Crippen LogP contribution is 2.22. The van der Waals surface area contributed by atoms with Gasteiger partial charge in [-0.05, 0) is 13.3 Å². The van der Waals surface area contributed by atoms with E-state index in [1.165, 1.54) is 6.92 Å². The Kier molecular flexibility index (Phi) is 2.16. The number of carbonyl (C=O) groups excluding carboxylic acids is 1. The lowest BCUT2D eigenvalue weighted by Gasteiger charge is -2.22. The van der Waals surface area contributed by atoms with Crippen molar-refractivity contribution in [2.24, 2.45) is 0 Å². The molecule has 0 aliphatic carbocycles. The van der Waals surface area contributed by atoms with E-state index in [0.29, 0.717) is 6.42 Å². The third-order valence-corrected chi connectivity index (χ3v) is 3.88. The molecule has 0 bridgehead atoms. The van der Waals surface area contributed by atoms with Crippen LogP contribution in [0, 0.1) is 0 Å². The van der Waals surface area contributed by atoms with Gasteiger partial charge in [-0.3, -0.25) is 4.79 Å². The van der Waals surface area contributed by atoms with E-state index in [1.807, 2.05) is 0 Å². The molecule has 0 aromatic rings. The average molecular weight is 191 g/mol. The zero-order chi connectivity index (χ0) is 9.41. The van der Waals surface area contributed by atoms with Crippen LogP contribution in [-0.4, -0.2) is 31.4 Å². The molecule has 1 fully saturated rings. The van der Waals surface area contributed by atoms with Gasteiger partial charge in [-0.2, -0.15) is 0 Å². The molecular weight excluding hydrogens is 178 g/mol. The first-order valence-electron chi connectivity index (χ1n) is 3.82. The van der Waals surface area contributed by atoms with Crippen LogP contribution in [0.5, 0.6) is 0 Å². The summed E-state index contributed by atoms with van der Waals surface area (Å²) in [6.07, 6.45) is 0.523. The monoisotopic (exact) mass is 191 g/mol. The van der Waals surface area contributed by atoms with Gasteiger partial charge in [0.05, 0.1) is 17.0 Å². The first-order valence-corrected chi connectivity index (χ1v) is 5.64. The summed E-state index contributed by atoms with van der Waals surface area (Å²) in [6, 6.07) is 0. The number of rotatable bonds is 1. The highest BCUT2D eigenvalue weighted by atomic mass is 32.2. The highest BCUT2D eigenvalue weighted by molar-refractivity contribution is 7.91. The lowest BCUT2D eigenvalue weighted by Crippen LogP contribution is -2.45. The molecule has 70 valence electrons. The van der Waals surface area contributed by atoms with Crippen LogP contribution in [0.25, 0.3) is 0 Å². The molecule has 0 aromatic heterocycles. The molecular formula is C7H13NO3S. The smallest absolute Gasteiger partial charge is 0.217 e. The SMILES string of the molecule is CC(=O)N[C@]1(C)CCS(=O)(=O)C1. The van der Waals surface area contributed by atoms with Gasteiger partial charge in [0.1, 0.15) is 0 Å². The lowest BCUT2D eigenvalue weighted by molar-refractivity contribution is -0.120. The zero-order valence-electron chi connectivity index (χ0n) is 7.25. The van der Waals surface area contributed by atoms with Crippen molar-refractivity contribution in [3.63, 3.8) is 0 Å². The zero-order valence-corrected chi connectivity index (χ0v) is 8.07. The summed E-state index contributed by atoms with van der Waals surface area (Å²) in [4.78, 5) is 10.7. The number of sulfone groups is 1. The minimum absolute atomic E-state index is 0.0690. The third kappa shape index (κ3) is 2.20. The molecule has 0 unspecified atom stereocenters. The Hall–Kier alpha value is -0.580. The summed E-state index contributed by atoms with van der Waals surface area (Å²) >= 11 is 0. The molecule has 0 aromatic carbocycles. The van der Waals surface area contributed by atoms with Crippen LogP contribution in [0.2, 0.25) is 0 Å². The summed E-state index contributed by atoms with van der Waals surface area (Å²) < 4.78 is 22.2. The third-order valence-electron chi connectivity index (χ3n) is 1.98. The Morgan fingerprint density at radius 3 is 2.42 bits per heavy atom. The fraction of sp³-hybridized carbons (Fsp3) is 0.857. The summed E-state index contributed by atoms with van der Waals surface area (Å²) in [5, 5.41) is 2.66. The van der Waals surface area contributed by atoms with Crippen LogP contribution in [0.15, 0.2) is 0 Å². The topological polar surface area (TPSA) is 63.2 Å². The molecule has 0 spiro atoms. The van der Waals surface area contributed by atoms with Crippen molar-refractivity contribution >= 4 is 15.7 Å². The average Bonchev–Trinajstić information content (AvgIpc) is 2.03. The molecule has 1 atom stereocenters. The fourth-order valence-corrected chi connectivity index (χ4v) is 3.63. The maximum Gasteiger partial charge on any atom is 0.217 e. The molecule has 1 heterocycles. The Balaban J connectivity index is 2.71. The maximum atomic E-state index is 11.1. The van der Waals surface area contributed by atoms with Gasteiger partial charge in [-0.15, -0.1) is 0 Å². The molecule has 1 aliphatic heterocycles. The number of amides is 1. The second kappa shape index (κ2) is 2.73. The van der Waals surface area contributed by atoms with Crippen LogP contribution in [-0.2, 0) is 14.6 Å². The maximum absolute atomic E-state index is 11.1. The quantitative estimate of drug-likeness (QED) is 0.619. The van der Waals surface area contributed by atoms with Crippen molar-refractivity contribution in [2.45, 2.75) is 25.8 Å². The van der Waals surface area contributed by atoms with E-state index >= 15 is 0 Å². The Morgan fingerprint density at radius 2 is 2.08 bits per heavy atom. The van der Waals surface area contributed by atoms with E-state index in [4.69, 9.17) is 0 Å². The number of hydrogen-bond acceptors (Lipinski definition) is 3. The molecule has 1 saturated heterocycles. The molecule has 1 aliphatic rings. The number of hydrogen-bond donors (Lipinski definition) is 1. The van der Waals surface area contributed by atoms with Crippen molar-refractivity contribution in [1.29, 1.82) is 0 Å². The minimum Gasteiger partial charge on any atom is -0.350 e. The normalized spacial score (nSPS) is 33.2. The van der Waals surface area contributed by atoms with Crippen LogP contribution in [0.1, 0.15) is 20.3 Å². The Bertz CT molecular complexity index is 296. The van der Waals surface area contributed by atoms with Gasteiger partial charge >= 0.3 is 0 Å². The van der Waals surface area contributed by atoms with Crippen molar-refractivity contribution in [2.75, 3.05) is 11.5 Å². The molecule has 0 radical (unpaired) electrons. The van der Waals surface area contributed by atoms with E-state index in [2.05, 4.69) is 5.32 Å². The number of carbonyl (C=O) groups is 1. The molecule has 4 nitrogen and oxygen atoms in total. The Labute approximate surface area is 72.3 Å². The van der Waals surface area contributed by atoms with Crippen molar-refractivity contribution in [3.8, 4) is 0 Å². The molecule has 1 rings (SSSR count). The predicted molar refractivity (Wildman–Crippen MR) is 45.5 cm³/mol. The molecule has 1 N–H and O–H groups in total. The Morgan fingerprint density at radius 1 is 1.50 bits per heavy atom. The standard InChI is InChI=1S/C7H13NO3S/c1-6(9)8-7(2)3-4-12(10,11)5-7/h3-5H2,1-2H3,(H,8,9)/t7-/m1/s1. The molecule has 12 heavy (non-hydrogen) atoms. The first kappa shape index (κ1) is 9.51. The van der Waals surface area contributed by atoms with E-state index < -0.39 is 15.4 Å². The summed E-state index contributed by atoms with van der Waals surface area (Å²) in [5.74, 6) is 0.0817. The second-order valence-electron chi connectivity index (χ2n) is 3.58. The summed E-state index contributed by atoms with van der Waals surface area (Å²) in [5.41, 5.74) is -0.537. The molecule has 5 heteroatoms. The van der Waals surface area contributed by atoms with E-state index in [0.717, 1.165) is 0 Å². The van der Waals surface area contributed by atoms with Gasteiger partial charge in [0, 0.05) is 6.92 Å². The lowest BCUT2D eigenvalue weighted by atomic mass is 10.0. The van der Waals surface area contributed by atoms with Crippen molar-refractivity contribution in [3.05, 3.63) is 0 Å². The number of nitrogens with one attached hydrogen (secondary N) is 1. The fourth-order valence-electron chi connectivity index (χ4n) is 1.53. The van der Waals surface area contributed by atoms with Crippen molar-refractivity contribution < 1.29 is 13.2 Å². The van der Waals surface area contributed by atoms with Crippen LogP contribution >= 0.6 is 0 Å². The molecule has 1 amide bonds. The first-order chi connectivity index (χ1) is 5.33. The van der Waals surface area contributed by atoms with Gasteiger partial charge in [0.15, 0.2) is 9.84 Å². The predicted octanol–water partition coefficient (Wildman–Crippen LogP) is -0.300. The van der Waals surface area contributed by atoms with E-state index in [9.17, 15) is 13.2 Å². The van der Waals surface area contributed by atoms with Crippen LogP contribution in [0.3, 0.4) is 0 Å². The van der Waals surface area contributed by atoms with Crippen molar-refractivity contribution in [1.82, 2.24) is 5.32 Å². The van der Waals surface area contributed by atoms with Gasteiger partial charge in [0.2, 0.25) is 5.91 Å². The van der Waals surface area contributed by atoms with Gasteiger partial charge < -0.3 is 5.32 Å². The van der Waals surface area contributed by atoms with E-state index in [1.54, 1.807) is 6.92 Å². The van der Waals surface area contributed by atoms with Gasteiger partial charge in [0.25, 0.3) is 0 Å². The van der Waals surface area contributed by atoms with Gasteiger partial charge in [-0.1, -0.05) is 0 Å². The second-order valence-corrected chi connectivity index (χ2v) is 5.77.